The zero-order valence-corrected chi connectivity index (χ0v) is 19.1. The molecule has 1 amide bonds. The lowest BCUT2D eigenvalue weighted by Gasteiger charge is -2.25. The van der Waals surface area contributed by atoms with Crippen LogP contribution in [0.4, 0.5) is 14.5 Å². The third-order valence-electron chi connectivity index (χ3n) is 5.31. The van der Waals surface area contributed by atoms with Gasteiger partial charge in [-0.15, -0.1) is 0 Å². The van der Waals surface area contributed by atoms with Crippen molar-refractivity contribution in [2.45, 2.75) is 12.8 Å². The van der Waals surface area contributed by atoms with Gasteiger partial charge in [-0.25, -0.2) is 13.8 Å². The third kappa shape index (κ3) is 5.85. The fourth-order valence-electron chi connectivity index (χ4n) is 3.58. The molecule has 0 saturated carbocycles. The number of hydrogen-bond acceptors (Lipinski definition) is 5. The van der Waals surface area contributed by atoms with E-state index in [2.05, 4.69) is 9.97 Å². The van der Waals surface area contributed by atoms with E-state index in [-0.39, 0.29) is 19.1 Å². The Morgan fingerprint density at radius 1 is 1.33 bits per heavy atom. The largest absolute Gasteiger partial charge is 0.375 e. The topological polar surface area (TPSA) is 78.5 Å². The van der Waals surface area contributed by atoms with Crippen LogP contribution in [-0.4, -0.2) is 73.9 Å². The lowest BCUT2D eigenvalue weighted by atomic mass is 10.0. The number of methoxy groups -OCH3 is 1. The molecule has 10 heteroatoms. The molecule has 0 bridgehead atoms. The average Bonchev–Trinajstić information content (AvgIpc) is 3.19. The number of hydrogen-bond donors (Lipinski definition) is 1. The Bertz CT molecular complexity index is 1120. The van der Waals surface area contributed by atoms with Crippen molar-refractivity contribution in [2.75, 3.05) is 45.3 Å². The van der Waals surface area contributed by atoms with Gasteiger partial charge in [-0.05, 0) is 23.3 Å². The molecule has 1 aromatic carbocycles. The molecule has 0 aliphatic carbocycles. The number of aromatic amines is 1. The lowest BCUT2D eigenvalue weighted by molar-refractivity contribution is -0.136. The molecular formula is C23H25ClF2N4O3. The van der Waals surface area contributed by atoms with Crippen LogP contribution in [-0.2, 0) is 20.7 Å². The van der Waals surface area contributed by atoms with E-state index in [0.29, 0.717) is 46.6 Å². The van der Waals surface area contributed by atoms with Gasteiger partial charge in [-0.1, -0.05) is 23.7 Å². The van der Waals surface area contributed by atoms with Crippen molar-refractivity contribution in [3.63, 3.8) is 0 Å². The number of nitrogens with zero attached hydrogens (tertiary/aromatic N) is 3. The van der Waals surface area contributed by atoms with Crippen molar-refractivity contribution in [3.8, 4) is 11.1 Å². The van der Waals surface area contributed by atoms with E-state index in [1.54, 1.807) is 6.20 Å². The highest BCUT2D eigenvalue weighted by molar-refractivity contribution is 6.38. The van der Waals surface area contributed by atoms with E-state index in [1.807, 2.05) is 36.2 Å². The van der Waals surface area contributed by atoms with Gasteiger partial charge >= 0.3 is 0 Å². The molecule has 0 atom stereocenters. The summed E-state index contributed by atoms with van der Waals surface area (Å²) in [5.41, 5.74) is 3.15. The number of nitrogens with one attached hydrogen (secondary N) is 1. The molecule has 2 heterocycles. The number of fused-ring (bicyclic) bond motifs is 1. The molecule has 0 aliphatic heterocycles. The van der Waals surface area contributed by atoms with Gasteiger partial charge in [0.25, 0.3) is 0 Å². The van der Waals surface area contributed by atoms with Gasteiger partial charge in [-0.3, -0.25) is 4.79 Å². The summed E-state index contributed by atoms with van der Waals surface area (Å²) in [6.07, 6.45) is 0.909. The van der Waals surface area contributed by atoms with E-state index in [1.165, 1.54) is 18.2 Å². The molecule has 176 valence electrons. The highest BCUT2D eigenvalue weighted by Gasteiger charge is 2.18. The number of pyridine rings is 1. The molecule has 0 aliphatic rings. The lowest BCUT2D eigenvalue weighted by Crippen LogP contribution is -2.40. The Morgan fingerprint density at radius 3 is 2.82 bits per heavy atom. The summed E-state index contributed by atoms with van der Waals surface area (Å²) in [6.45, 7) is 0.729. The van der Waals surface area contributed by atoms with E-state index in [9.17, 15) is 18.4 Å². The van der Waals surface area contributed by atoms with Crippen LogP contribution in [0.2, 0.25) is 5.02 Å². The van der Waals surface area contributed by atoms with Crippen LogP contribution in [0.15, 0.2) is 36.7 Å². The molecule has 0 fully saturated rings. The van der Waals surface area contributed by atoms with E-state index in [4.69, 9.17) is 16.3 Å². The first kappa shape index (κ1) is 24.6. The summed E-state index contributed by atoms with van der Waals surface area (Å²) < 4.78 is 30.8. The molecular weight excluding hydrogens is 454 g/mol. The Kier molecular flexibility index (Phi) is 8.35. The maximum absolute atomic E-state index is 13.0. The first-order valence-electron chi connectivity index (χ1n) is 10.3. The molecule has 3 aromatic rings. The zero-order valence-electron chi connectivity index (χ0n) is 18.4. The van der Waals surface area contributed by atoms with Crippen LogP contribution in [0.25, 0.3) is 22.2 Å². The second-order valence-electron chi connectivity index (χ2n) is 7.53. The molecule has 0 unspecified atom stereocenters. The summed E-state index contributed by atoms with van der Waals surface area (Å²) in [5, 5.41) is 0.855. The first-order chi connectivity index (χ1) is 15.8. The van der Waals surface area contributed by atoms with E-state index >= 15 is 0 Å². The van der Waals surface area contributed by atoms with E-state index in [0.717, 1.165) is 11.3 Å². The number of anilines is 1. The molecule has 2 aromatic heterocycles. The number of amides is 1. The number of aldehydes is 1. The number of ether oxygens (including phenoxy) is 1. The highest BCUT2D eigenvalue weighted by atomic mass is 35.5. The van der Waals surface area contributed by atoms with Crippen molar-refractivity contribution < 1.29 is 23.1 Å². The zero-order chi connectivity index (χ0) is 24.0. The van der Waals surface area contributed by atoms with E-state index < -0.39 is 12.8 Å². The van der Waals surface area contributed by atoms with Crippen molar-refractivity contribution in [1.82, 2.24) is 14.9 Å². The summed E-state index contributed by atoms with van der Waals surface area (Å²) in [6, 6.07) is 7.54. The van der Waals surface area contributed by atoms with Crippen molar-refractivity contribution in [2.24, 2.45) is 0 Å². The number of carbonyl (C=O) groups is 2. The predicted octanol–water partition coefficient (Wildman–Crippen LogP) is 3.80. The minimum Gasteiger partial charge on any atom is -0.375 e. The van der Waals surface area contributed by atoms with Gasteiger partial charge in [0, 0.05) is 62.7 Å². The average molecular weight is 479 g/mol. The SMILES string of the molecule is COCC(=O)N(CC=O)CCN(C)c1cccc(-c2cnc3[nH]cc(CC(F)F)c3c2Cl)c1. The van der Waals surface area contributed by atoms with Crippen LogP contribution >= 0.6 is 11.6 Å². The van der Waals surface area contributed by atoms with Crippen LogP contribution in [0.1, 0.15) is 5.56 Å². The number of benzene rings is 1. The van der Waals surface area contributed by atoms with Gasteiger partial charge in [0.2, 0.25) is 12.3 Å². The normalized spacial score (nSPS) is 11.2. The second-order valence-corrected chi connectivity index (χ2v) is 7.91. The highest BCUT2D eigenvalue weighted by Crippen LogP contribution is 2.36. The Balaban J connectivity index is 1.83. The number of rotatable bonds is 11. The summed E-state index contributed by atoms with van der Waals surface area (Å²) in [7, 11) is 3.30. The van der Waals surface area contributed by atoms with Crippen LogP contribution in [0, 0.1) is 0 Å². The monoisotopic (exact) mass is 478 g/mol. The van der Waals surface area contributed by atoms with Gasteiger partial charge in [-0.2, -0.15) is 0 Å². The van der Waals surface area contributed by atoms with Gasteiger partial charge in [0.15, 0.2) is 0 Å². The Labute approximate surface area is 195 Å². The number of alkyl halides is 2. The third-order valence-corrected chi connectivity index (χ3v) is 5.71. The maximum atomic E-state index is 13.0. The number of halogens is 3. The molecule has 0 radical (unpaired) electrons. The molecule has 0 spiro atoms. The molecule has 33 heavy (non-hydrogen) atoms. The van der Waals surface area contributed by atoms with Gasteiger partial charge in [0.1, 0.15) is 18.5 Å². The number of likely N-dealkylation sites (N-methyl/N-ethyl adjacent to an activating group) is 1. The Morgan fingerprint density at radius 2 is 2.12 bits per heavy atom. The maximum Gasteiger partial charge on any atom is 0.249 e. The summed E-state index contributed by atoms with van der Waals surface area (Å²) in [4.78, 5) is 33.6. The van der Waals surface area contributed by atoms with Crippen LogP contribution < -0.4 is 4.90 Å². The van der Waals surface area contributed by atoms with Crippen molar-refractivity contribution >= 4 is 40.5 Å². The van der Waals surface area contributed by atoms with Crippen molar-refractivity contribution in [3.05, 3.63) is 47.2 Å². The molecule has 7 nitrogen and oxygen atoms in total. The molecule has 1 N–H and O–H groups in total. The van der Waals surface area contributed by atoms with Gasteiger partial charge < -0.3 is 24.3 Å². The molecule has 3 rings (SSSR count). The van der Waals surface area contributed by atoms with Crippen molar-refractivity contribution in [1.29, 1.82) is 0 Å². The fraction of sp³-hybridized carbons (Fsp3) is 0.348. The number of carbonyl (C=O) groups excluding carboxylic acids is 2. The molecule has 0 saturated heterocycles. The predicted molar refractivity (Wildman–Crippen MR) is 124 cm³/mol. The quantitative estimate of drug-likeness (QED) is 0.424. The number of H-pyrrole nitrogens is 1. The Hall–Kier alpha value is -3.04. The fourth-order valence-corrected chi connectivity index (χ4v) is 3.95. The minimum absolute atomic E-state index is 0.00498. The number of aromatic nitrogens is 2. The van der Waals surface area contributed by atoms with Gasteiger partial charge in [0.05, 0.1) is 11.6 Å². The standard InChI is InChI=1S/C23H25ClF2N4O3/c1-29(6-7-30(8-9-31)20(32)14-33-2)17-5-3-4-15(10-17)18-13-28-23-21(22(18)24)16(12-27-23)11-19(25)26/h3-5,9-10,12-13,19H,6-8,11,14H2,1-2H3,(H,27,28). The second kappa shape index (κ2) is 11.2. The smallest absolute Gasteiger partial charge is 0.249 e. The van der Waals surface area contributed by atoms with Crippen LogP contribution in [0.5, 0.6) is 0 Å². The summed E-state index contributed by atoms with van der Waals surface area (Å²) in [5.74, 6) is -0.260. The summed E-state index contributed by atoms with van der Waals surface area (Å²) >= 11 is 6.63. The van der Waals surface area contributed by atoms with Crippen LogP contribution in [0.3, 0.4) is 0 Å². The first-order valence-corrected chi connectivity index (χ1v) is 10.7. The minimum atomic E-state index is -2.49.